The van der Waals surface area contributed by atoms with Crippen LogP contribution in [0.15, 0.2) is 23.0 Å². The maximum absolute atomic E-state index is 11.6. The molecule has 0 radical (unpaired) electrons. The molecular weight excluding hydrogens is 226 g/mol. The van der Waals surface area contributed by atoms with Crippen molar-refractivity contribution < 1.29 is 4.79 Å². The maximum atomic E-state index is 11.6. The minimum absolute atomic E-state index is 0.160. The molecule has 2 rings (SSSR count). The molecule has 16 heavy (non-hydrogen) atoms. The van der Waals surface area contributed by atoms with Crippen molar-refractivity contribution in [2.75, 3.05) is 0 Å². The van der Waals surface area contributed by atoms with E-state index in [1.165, 1.54) is 6.92 Å². The monoisotopic (exact) mass is 235 g/mol. The topological polar surface area (TPSA) is 49.9 Å². The first-order valence-corrected chi connectivity index (χ1v) is 5.21. The van der Waals surface area contributed by atoms with Gasteiger partial charge in [-0.2, -0.15) is 0 Å². The number of rotatable bonds is 1. The summed E-state index contributed by atoms with van der Waals surface area (Å²) in [5.41, 5.74) is 1.38. The van der Waals surface area contributed by atoms with Gasteiger partial charge in [0.25, 0.3) is 5.56 Å². The fourth-order valence-corrected chi connectivity index (χ4v) is 1.77. The minimum Gasteiger partial charge on any atom is -0.321 e. The van der Waals surface area contributed by atoms with E-state index in [1.807, 2.05) is 6.92 Å². The fourth-order valence-electron chi connectivity index (χ4n) is 1.60. The van der Waals surface area contributed by atoms with Crippen LogP contribution in [0.1, 0.15) is 22.8 Å². The summed E-state index contributed by atoms with van der Waals surface area (Å²) in [6.07, 6.45) is 0. The molecule has 0 aliphatic heterocycles. The van der Waals surface area contributed by atoms with Crippen LogP contribution >= 0.6 is 11.6 Å². The second-order valence-corrected chi connectivity index (χ2v) is 4.16. The van der Waals surface area contributed by atoms with E-state index in [0.29, 0.717) is 10.5 Å². The molecule has 0 unspecified atom stereocenters. The van der Waals surface area contributed by atoms with Crippen LogP contribution in [0.5, 0.6) is 0 Å². The van der Waals surface area contributed by atoms with Crippen molar-refractivity contribution in [1.29, 1.82) is 0 Å². The highest BCUT2D eigenvalue weighted by atomic mass is 35.5. The number of fused-ring (bicyclic) bond motifs is 1. The number of hydrogen-bond acceptors (Lipinski definition) is 2. The molecule has 1 heterocycles. The third kappa shape index (κ3) is 1.74. The summed E-state index contributed by atoms with van der Waals surface area (Å²) in [4.78, 5) is 25.4. The van der Waals surface area contributed by atoms with E-state index < -0.39 is 0 Å². The van der Waals surface area contributed by atoms with Crippen LogP contribution < -0.4 is 5.56 Å². The molecule has 0 saturated carbocycles. The molecule has 0 aliphatic carbocycles. The van der Waals surface area contributed by atoms with Gasteiger partial charge in [-0.1, -0.05) is 11.6 Å². The van der Waals surface area contributed by atoms with Crippen LogP contribution in [-0.4, -0.2) is 10.8 Å². The Kier molecular flexibility index (Phi) is 2.56. The Morgan fingerprint density at radius 1 is 1.31 bits per heavy atom. The molecule has 2 aromatic rings. The van der Waals surface area contributed by atoms with E-state index in [2.05, 4.69) is 4.98 Å². The molecule has 0 amide bonds. The highest BCUT2D eigenvalue weighted by Crippen LogP contribution is 2.21. The molecule has 82 valence electrons. The molecule has 1 N–H and O–H groups in total. The Bertz CT molecular complexity index is 643. The van der Waals surface area contributed by atoms with Gasteiger partial charge in [0.15, 0.2) is 5.78 Å². The van der Waals surface area contributed by atoms with Crippen molar-refractivity contribution in [3.8, 4) is 0 Å². The lowest BCUT2D eigenvalue weighted by Gasteiger charge is -2.03. The lowest BCUT2D eigenvalue weighted by atomic mass is 10.1. The van der Waals surface area contributed by atoms with Gasteiger partial charge in [0, 0.05) is 15.9 Å². The van der Waals surface area contributed by atoms with E-state index in [0.717, 1.165) is 10.9 Å². The van der Waals surface area contributed by atoms with Gasteiger partial charge in [0.1, 0.15) is 0 Å². The molecule has 0 saturated heterocycles. The first-order chi connectivity index (χ1) is 7.49. The van der Waals surface area contributed by atoms with Crippen molar-refractivity contribution in [3.63, 3.8) is 0 Å². The molecule has 0 atom stereocenters. The fraction of sp³-hybridized carbons (Fsp3) is 0.167. The lowest BCUT2D eigenvalue weighted by molar-refractivity contribution is 0.101. The van der Waals surface area contributed by atoms with Crippen LogP contribution in [0.4, 0.5) is 0 Å². The number of Topliss-reactive ketones (excluding diaryl/α,β-unsaturated/α-hetero) is 1. The Labute approximate surface area is 97.1 Å². The van der Waals surface area contributed by atoms with Crippen LogP contribution in [0.2, 0.25) is 5.02 Å². The SMILES string of the molecule is CC(=O)c1cc2cc(Cl)c(C)cc2[nH]c1=O. The number of carbonyl (C=O) groups excluding carboxylic acids is 1. The first kappa shape index (κ1) is 10.9. The number of aromatic nitrogens is 1. The molecule has 0 bridgehead atoms. The number of carbonyl (C=O) groups is 1. The standard InChI is InChI=1S/C12H10ClNO2/c1-6-3-11-8(5-10(6)13)4-9(7(2)15)12(16)14-11/h3-5H,1-2H3,(H,14,16). The maximum Gasteiger partial charge on any atom is 0.259 e. The van der Waals surface area contributed by atoms with E-state index in [-0.39, 0.29) is 16.9 Å². The van der Waals surface area contributed by atoms with E-state index in [1.54, 1.807) is 18.2 Å². The van der Waals surface area contributed by atoms with Crippen molar-refractivity contribution in [3.05, 3.63) is 44.7 Å². The van der Waals surface area contributed by atoms with Crippen LogP contribution in [0.3, 0.4) is 0 Å². The zero-order valence-electron chi connectivity index (χ0n) is 8.93. The molecule has 1 aromatic heterocycles. The van der Waals surface area contributed by atoms with Crippen molar-refractivity contribution in [2.24, 2.45) is 0 Å². The predicted molar refractivity (Wildman–Crippen MR) is 64.3 cm³/mol. The largest absolute Gasteiger partial charge is 0.321 e. The minimum atomic E-state index is -0.360. The van der Waals surface area contributed by atoms with Gasteiger partial charge in [-0.05, 0) is 37.6 Å². The van der Waals surface area contributed by atoms with Gasteiger partial charge in [-0.25, -0.2) is 0 Å². The van der Waals surface area contributed by atoms with Crippen molar-refractivity contribution >= 4 is 28.3 Å². The molecule has 0 aliphatic rings. The first-order valence-electron chi connectivity index (χ1n) is 4.83. The number of H-pyrrole nitrogens is 1. The molecule has 1 aromatic carbocycles. The summed E-state index contributed by atoms with van der Waals surface area (Å²) in [6, 6.07) is 5.11. The van der Waals surface area contributed by atoms with Gasteiger partial charge in [-0.3, -0.25) is 9.59 Å². The zero-order valence-corrected chi connectivity index (χ0v) is 9.68. The summed E-state index contributed by atoms with van der Waals surface area (Å²) in [5, 5.41) is 1.38. The Balaban J connectivity index is 2.85. The predicted octanol–water partition coefficient (Wildman–Crippen LogP) is 2.69. The van der Waals surface area contributed by atoms with Crippen LogP contribution in [0.25, 0.3) is 10.9 Å². The normalized spacial score (nSPS) is 10.7. The average molecular weight is 236 g/mol. The Morgan fingerprint density at radius 2 is 2.00 bits per heavy atom. The number of aromatic amines is 1. The number of nitrogens with one attached hydrogen (secondary N) is 1. The highest BCUT2D eigenvalue weighted by molar-refractivity contribution is 6.32. The van der Waals surface area contributed by atoms with E-state index in [9.17, 15) is 9.59 Å². The molecule has 0 fully saturated rings. The van der Waals surface area contributed by atoms with Crippen molar-refractivity contribution in [1.82, 2.24) is 4.98 Å². The van der Waals surface area contributed by atoms with Gasteiger partial charge < -0.3 is 4.98 Å². The quantitative estimate of drug-likeness (QED) is 0.773. The second-order valence-electron chi connectivity index (χ2n) is 3.76. The van der Waals surface area contributed by atoms with Gasteiger partial charge in [-0.15, -0.1) is 0 Å². The lowest BCUT2D eigenvalue weighted by Crippen LogP contribution is -2.15. The molecule has 3 nitrogen and oxygen atoms in total. The number of halogens is 1. The van der Waals surface area contributed by atoms with E-state index >= 15 is 0 Å². The zero-order chi connectivity index (χ0) is 11.9. The Morgan fingerprint density at radius 3 is 2.62 bits per heavy atom. The third-order valence-electron chi connectivity index (χ3n) is 2.50. The number of pyridine rings is 1. The smallest absolute Gasteiger partial charge is 0.259 e. The van der Waals surface area contributed by atoms with Gasteiger partial charge in [0.05, 0.1) is 5.56 Å². The van der Waals surface area contributed by atoms with Crippen LogP contribution in [-0.2, 0) is 0 Å². The summed E-state index contributed by atoms with van der Waals surface area (Å²) in [6.45, 7) is 3.23. The van der Waals surface area contributed by atoms with E-state index in [4.69, 9.17) is 11.6 Å². The highest BCUT2D eigenvalue weighted by Gasteiger charge is 2.08. The van der Waals surface area contributed by atoms with Crippen molar-refractivity contribution in [2.45, 2.75) is 13.8 Å². The molecule has 0 spiro atoms. The molecule has 4 heteroatoms. The summed E-state index contributed by atoms with van der Waals surface area (Å²) in [5.74, 6) is -0.250. The average Bonchev–Trinajstić information content (AvgIpc) is 2.19. The Hall–Kier alpha value is -1.61. The van der Waals surface area contributed by atoms with Crippen LogP contribution in [0, 0.1) is 6.92 Å². The summed E-state index contributed by atoms with van der Waals surface area (Å²) < 4.78 is 0. The third-order valence-corrected chi connectivity index (χ3v) is 2.91. The second kappa shape index (κ2) is 3.76. The number of aryl methyl sites for hydroxylation is 1. The number of benzene rings is 1. The molecular formula is C12H10ClNO2. The van der Waals surface area contributed by atoms with Gasteiger partial charge >= 0.3 is 0 Å². The number of ketones is 1. The summed E-state index contributed by atoms with van der Waals surface area (Å²) >= 11 is 5.98. The summed E-state index contributed by atoms with van der Waals surface area (Å²) in [7, 11) is 0. The number of hydrogen-bond donors (Lipinski definition) is 1. The van der Waals surface area contributed by atoms with Gasteiger partial charge in [0.2, 0.25) is 0 Å².